The summed E-state index contributed by atoms with van der Waals surface area (Å²) in [5.41, 5.74) is 8.40. The number of nitrogens with zero attached hydrogens (tertiary/aromatic N) is 5. The molecule has 0 saturated carbocycles. The number of rotatable bonds is 5. The SMILES string of the molecule is NC(=O)c1cc2ccc(CN3CCC4(CCN(c5ncnc6sc(CC(F)(F)F)nc56)C4)C3)cc2[nH]1. The molecule has 4 aromatic rings. The van der Waals surface area contributed by atoms with Crippen molar-refractivity contribution in [2.24, 2.45) is 11.1 Å². The van der Waals surface area contributed by atoms with E-state index in [1.54, 1.807) is 6.07 Å². The highest BCUT2D eigenvalue weighted by Gasteiger charge is 2.44. The average molecular weight is 516 g/mol. The molecular weight excluding hydrogens is 491 g/mol. The number of carbonyl (C=O) groups excluding carboxylic acids is 1. The van der Waals surface area contributed by atoms with Crippen molar-refractivity contribution in [3.05, 3.63) is 46.9 Å². The Morgan fingerprint density at radius 1 is 1.17 bits per heavy atom. The summed E-state index contributed by atoms with van der Waals surface area (Å²) in [6, 6.07) is 7.90. The number of hydrogen-bond donors (Lipinski definition) is 2. The molecular formula is C24H24F3N7OS. The molecule has 1 amide bonds. The molecule has 1 unspecified atom stereocenters. The smallest absolute Gasteiger partial charge is 0.364 e. The number of halogens is 3. The van der Waals surface area contributed by atoms with Crippen LogP contribution in [0.4, 0.5) is 19.0 Å². The summed E-state index contributed by atoms with van der Waals surface area (Å²) in [5, 5.41) is 0.968. The number of carbonyl (C=O) groups is 1. The van der Waals surface area contributed by atoms with Crippen molar-refractivity contribution in [3.8, 4) is 0 Å². The maximum atomic E-state index is 12.9. The zero-order valence-electron chi connectivity index (χ0n) is 19.3. The molecule has 5 heterocycles. The molecule has 2 aliphatic heterocycles. The summed E-state index contributed by atoms with van der Waals surface area (Å²) in [6.07, 6.45) is -1.90. The normalized spacial score (nSPS) is 20.9. The molecule has 3 aromatic heterocycles. The number of fused-ring (bicyclic) bond motifs is 2. The zero-order valence-corrected chi connectivity index (χ0v) is 20.1. The highest BCUT2D eigenvalue weighted by molar-refractivity contribution is 7.18. The Morgan fingerprint density at radius 3 is 2.81 bits per heavy atom. The number of alkyl halides is 3. The number of nitrogens with one attached hydrogen (secondary N) is 1. The van der Waals surface area contributed by atoms with Gasteiger partial charge in [-0.25, -0.2) is 15.0 Å². The maximum Gasteiger partial charge on any atom is 0.395 e. The molecule has 0 radical (unpaired) electrons. The van der Waals surface area contributed by atoms with Crippen LogP contribution in [0.5, 0.6) is 0 Å². The van der Waals surface area contributed by atoms with Gasteiger partial charge in [-0.3, -0.25) is 9.69 Å². The molecule has 2 saturated heterocycles. The molecule has 6 rings (SSSR count). The van der Waals surface area contributed by atoms with Gasteiger partial charge >= 0.3 is 6.18 Å². The number of thiazole rings is 1. The molecule has 8 nitrogen and oxygen atoms in total. The predicted molar refractivity (Wildman–Crippen MR) is 131 cm³/mol. The highest BCUT2D eigenvalue weighted by atomic mass is 32.1. The fourth-order valence-corrected chi connectivity index (χ4v) is 6.47. The van der Waals surface area contributed by atoms with E-state index in [0.717, 1.165) is 73.4 Å². The fraction of sp³-hybridized carbons (Fsp3) is 0.417. The van der Waals surface area contributed by atoms with Crippen LogP contribution in [0.1, 0.15) is 33.9 Å². The number of amides is 1. The van der Waals surface area contributed by atoms with Crippen molar-refractivity contribution >= 4 is 44.3 Å². The monoisotopic (exact) mass is 515 g/mol. The molecule has 1 atom stereocenters. The van der Waals surface area contributed by atoms with Crippen LogP contribution in [0.3, 0.4) is 0 Å². The molecule has 0 bridgehead atoms. The Balaban J connectivity index is 1.16. The van der Waals surface area contributed by atoms with Crippen molar-refractivity contribution in [2.45, 2.75) is 32.0 Å². The molecule has 36 heavy (non-hydrogen) atoms. The fourth-order valence-electron chi connectivity index (χ4n) is 5.54. The van der Waals surface area contributed by atoms with E-state index < -0.39 is 18.5 Å². The molecule has 3 N–H and O–H groups in total. The third-order valence-corrected chi connectivity index (χ3v) is 8.15. The molecule has 0 aliphatic carbocycles. The lowest BCUT2D eigenvalue weighted by Crippen LogP contribution is -2.31. The van der Waals surface area contributed by atoms with Crippen molar-refractivity contribution in [2.75, 3.05) is 31.1 Å². The van der Waals surface area contributed by atoms with Crippen LogP contribution in [-0.2, 0) is 13.0 Å². The second-order valence-electron chi connectivity index (χ2n) is 9.85. The zero-order chi connectivity index (χ0) is 25.1. The topological polar surface area (TPSA) is 104 Å². The number of likely N-dealkylation sites (tertiary alicyclic amines) is 1. The van der Waals surface area contributed by atoms with Gasteiger partial charge in [-0.15, -0.1) is 0 Å². The highest BCUT2D eigenvalue weighted by Crippen LogP contribution is 2.42. The summed E-state index contributed by atoms with van der Waals surface area (Å²) in [6.45, 7) is 4.28. The first-order valence-electron chi connectivity index (χ1n) is 11.7. The van der Waals surface area contributed by atoms with Crippen molar-refractivity contribution < 1.29 is 18.0 Å². The minimum Gasteiger partial charge on any atom is -0.364 e. The summed E-state index contributed by atoms with van der Waals surface area (Å²) in [7, 11) is 0. The van der Waals surface area contributed by atoms with E-state index in [1.165, 1.54) is 6.33 Å². The maximum absolute atomic E-state index is 12.9. The van der Waals surface area contributed by atoms with Gasteiger partial charge in [0.25, 0.3) is 5.91 Å². The quantitative estimate of drug-likeness (QED) is 0.418. The number of hydrogen-bond acceptors (Lipinski definition) is 7. The Hall–Kier alpha value is -3.25. The van der Waals surface area contributed by atoms with Crippen molar-refractivity contribution in [1.29, 1.82) is 0 Å². The molecule has 2 fully saturated rings. The minimum absolute atomic E-state index is 0.0159. The van der Waals surface area contributed by atoms with E-state index in [2.05, 4.69) is 41.9 Å². The molecule has 2 aliphatic rings. The lowest BCUT2D eigenvalue weighted by molar-refractivity contribution is -0.127. The Morgan fingerprint density at radius 2 is 2.00 bits per heavy atom. The second kappa shape index (κ2) is 8.41. The Kier molecular flexibility index (Phi) is 5.41. The molecule has 12 heteroatoms. The van der Waals surface area contributed by atoms with Gasteiger partial charge in [0.05, 0.1) is 6.42 Å². The molecule has 188 valence electrons. The van der Waals surface area contributed by atoms with Crippen molar-refractivity contribution in [1.82, 2.24) is 24.8 Å². The van der Waals surface area contributed by atoms with Gasteiger partial charge in [-0.1, -0.05) is 23.5 Å². The lowest BCUT2D eigenvalue weighted by atomic mass is 9.86. The largest absolute Gasteiger partial charge is 0.395 e. The summed E-state index contributed by atoms with van der Waals surface area (Å²) in [4.78, 5) is 32.4. The average Bonchev–Trinajstić information content (AvgIpc) is 3.58. The summed E-state index contributed by atoms with van der Waals surface area (Å²) < 4.78 is 38.6. The van der Waals surface area contributed by atoms with Gasteiger partial charge in [0.2, 0.25) is 0 Å². The number of anilines is 1. The number of benzene rings is 1. The van der Waals surface area contributed by atoms with Crippen LogP contribution in [0.2, 0.25) is 0 Å². The first-order chi connectivity index (χ1) is 17.2. The second-order valence-corrected chi connectivity index (χ2v) is 10.9. The Labute approximate surface area is 208 Å². The van der Waals surface area contributed by atoms with Gasteiger partial charge in [0.15, 0.2) is 5.82 Å². The van der Waals surface area contributed by atoms with E-state index in [4.69, 9.17) is 5.73 Å². The van der Waals surface area contributed by atoms with Gasteiger partial charge in [0.1, 0.15) is 27.4 Å². The van der Waals surface area contributed by atoms with Crippen LogP contribution in [-0.4, -0.2) is 63.1 Å². The third kappa shape index (κ3) is 4.39. The van der Waals surface area contributed by atoms with E-state index >= 15 is 0 Å². The lowest BCUT2D eigenvalue weighted by Gasteiger charge is -2.25. The first kappa shape index (κ1) is 23.2. The minimum atomic E-state index is -4.30. The first-order valence-corrected chi connectivity index (χ1v) is 12.5. The Bertz CT molecular complexity index is 1470. The van der Waals surface area contributed by atoms with Crippen LogP contribution in [0.25, 0.3) is 21.3 Å². The van der Waals surface area contributed by atoms with E-state index in [1.807, 2.05) is 6.07 Å². The van der Waals surface area contributed by atoms with Crippen LogP contribution >= 0.6 is 11.3 Å². The number of aromatic amines is 1. The van der Waals surface area contributed by atoms with Crippen LogP contribution in [0.15, 0.2) is 30.6 Å². The number of nitrogens with two attached hydrogens (primary N) is 1. The van der Waals surface area contributed by atoms with Gasteiger partial charge in [-0.2, -0.15) is 13.2 Å². The summed E-state index contributed by atoms with van der Waals surface area (Å²) in [5.74, 6) is 0.151. The van der Waals surface area contributed by atoms with Gasteiger partial charge in [0, 0.05) is 42.5 Å². The van der Waals surface area contributed by atoms with E-state index in [-0.39, 0.29) is 10.4 Å². The van der Waals surface area contributed by atoms with Crippen LogP contribution in [0, 0.1) is 5.41 Å². The van der Waals surface area contributed by atoms with Gasteiger partial charge < -0.3 is 15.6 Å². The van der Waals surface area contributed by atoms with Crippen LogP contribution < -0.4 is 10.6 Å². The predicted octanol–water partition coefficient (Wildman–Crippen LogP) is 3.87. The number of H-pyrrole nitrogens is 1. The number of aromatic nitrogens is 4. The molecule has 1 spiro atoms. The van der Waals surface area contributed by atoms with E-state index in [9.17, 15) is 18.0 Å². The number of primary amides is 1. The van der Waals surface area contributed by atoms with E-state index in [0.29, 0.717) is 21.9 Å². The summed E-state index contributed by atoms with van der Waals surface area (Å²) >= 11 is 0.981. The molecule has 1 aromatic carbocycles. The standard InChI is InChI=1S/C24H24F3N7OS/c25-24(26,27)9-18-32-19-21(29-13-30-22(19)36-18)34-6-4-23(12-34)3-5-33(11-23)10-14-1-2-15-8-17(20(28)35)31-16(15)7-14/h1-2,7-8,13,31H,3-6,9-12H2,(H2,28,35). The third-order valence-electron chi connectivity index (χ3n) is 7.19. The van der Waals surface area contributed by atoms with Crippen molar-refractivity contribution in [3.63, 3.8) is 0 Å². The van der Waals surface area contributed by atoms with Gasteiger partial charge in [-0.05, 0) is 37.1 Å².